The quantitative estimate of drug-likeness (QED) is 0.258. The highest BCUT2D eigenvalue weighted by atomic mass is 16.5. The molecule has 0 unspecified atom stereocenters. The van der Waals surface area contributed by atoms with Gasteiger partial charge >= 0.3 is 5.97 Å². The number of aliphatic hydroxyl groups excluding tert-OH is 1. The summed E-state index contributed by atoms with van der Waals surface area (Å²) in [6.45, 7) is 6.91. The first kappa shape index (κ1) is 25.5. The number of aromatic amines is 1. The summed E-state index contributed by atoms with van der Waals surface area (Å²) in [6, 6.07) is 6.27. The Kier molecular flexibility index (Phi) is 7.46. The van der Waals surface area contributed by atoms with Gasteiger partial charge in [0.2, 0.25) is 0 Å². The lowest BCUT2D eigenvalue weighted by Crippen LogP contribution is -2.42. The van der Waals surface area contributed by atoms with Crippen LogP contribution in [0.1, 0.15) is 38.9 Å². The van der Waals surface area contributed by atoms with Crippen LogP contribution in [0.5, 0.6) is 5.75 Å². The van der Waals surface area contributed by atoms with Gasteiger partial charge in [0.05, 0.1) is 39.0 Å². The van der Waals surface area contributed by atoms with E-state index in [2.05, 4.69) is 9.88 Å². The Bertz CT molecular complexity index is 1210. The van der Waals surface area contributed by atoms with E-state index in [0.29, 0.717) is 54.4 Å². The molecule has 192 valence electrons. The summed E-state index contributed by atoms with van der Waals surface area (Å²) in [7, 11) is 2.80. The first-order chi connectivity index (χ1) is 17.3. The van der Waals surface area contributed by atoms with E-state index in [0.717, 1.165) is 13.1 Å². The Morgan fingerprint density at radius 2 is 1.89 bits per heavy atom. The highest BCUT2D eigenvalue weighted by molar-refractivity contribution is 6.46. The van der Waals surface area contributed by atoms with Gasteiger partial charge in [-0.1, -0.05) is 12.1 Å². The molecule has 0 bridgehead atoms. The lowest BCUT2D eigenvalue weighted by atomic mass is 9.94. The second-order valence-electron chi connectivity index (χ2n) is 8.84. The zero-order valence-corrected chi connectivity index (χ0v) is 20.9. The molecule has 0 aliphatic carbocycles. The molecule has 0 saturated carbocycles. The Labute approximate surface area is 209 Å². The molecule has 0 spiro atoms. The van der Waals surface area contributed by atoms with E-state index < -0.39 is 23.7 Å². The molecule has 36 heavy (non-hydrogen) atoms. The van der Waals surface area contributed by atoms with E-state index in [1.807, 2.05) is 0 Å². The molecule has 2 fully saturated rings. The molecule has 1 aromatic heterocycles. The number of benzene rings is 1. The molecule has 10 heteroatoms. The zero-order chi connectivity index (χ0) is 26.0. The SMILES string of the molecule is COC(=O)c1[nH]c(C)c(C(O)=C2C(=O)C(=O)N(CCN3CCOCC3)[C@H]2c2cccc(OC)c2)c1C. The maximum Gasteiger partial charge on any atom is 0.354 e. The molecule has 1 aromatic carbocycles. The van der Waals surface area contributed by atoms with Gasteiger partial charge in [-0.15, -0.1) is 0 Å². The van der Waals surface area contributed by atoms with Crippen LogP contribution in [0, 0.1) is 13.8 Å². The van der Waals surface area contributed by atoms with Crippen LogP contribution in [0.25, 0.3) is 5.76 Å². The van der Waals surface area contributed by atoms with Crippen LogP contribution in [-0.2, 0) is 19.1 Å². The van der Waals surface area contributed by atoms with Crippen molar-refractivity contribution in [1.82, 2.24) is 14.8 Å². The molecule has 1 amide bonds. The summed E-state index contributed by atoms with van der Waals surface area (Å²) in [4.78, 5) is 45.4. The number of aromatic nitrogens is 1. The monoisotopic (exact) mass is 497 g/mol. The van der Waals surface area contributed by atoms with Gasteiger partial charge in [-0.2, -0.15) is 0 Å². The third kappa shape index (κ3) is 4.61. The van der Waals surface area contributed by atoms with Gasteiger partial charge in [0.15, 0.2) is 0 Å². The number of amides is 1. The lowest BCUT2D eigenvalue weighted by molar-refractivity contribution is -0.140. The van der Waals surface area contributed by atoms with Gasteiger partial charge in [-0.25, -0.2) is 4.79 Å². The average Bonchev–Trinajstić information content (AvgIpc) is 3.34. The van der Waals surface area contributed by atoms with Crippen LogP contribution in [0.3, 0.4) is 0 Å². The molecule has 4 rings (SSSR count). The molecule has 0 radical (unpaired) electrons. The molecular formula is C26H31N3O7. The Morgan fingerprint density at radius 1 is 1.17 bits per heavy atom. The minimum absolute atomic E-state index is 0.0307. The number of carbonyl (C=O) groups is 3. The van der Waals surface area contributed by atoms with Crippen LogP contribution in [0.15, 0.2) is 29.8 Å². The third-order valence-electron chi connectivity index (χ3n) is 6.77. The zero-order valence-electron chi connectivity index (χ0n) is 20.9. The predicted octanol–water partition coefficient (Wildman–Crippen LogP) is 2.18. The molecule has 2 saturated heterocycles. The van der Waals surface area contributed by atoms with Crippen LogP contribution in [-0.4, -0.2) is 91.2 Å². The number of aliphatic hydroxyl groups is 1. The summed E-state index contributed by atoms with van der Waals surface area (Å²) in [5.74, 6) is -1.83. The molecule has 2 aromatic rings. The molecule has 2 aliphatic rings. The van der Waals surface area contributed by atoms with E-state index in [9.17, 15) is 19.5 Å². The van der Waals surface area contributed by atoms with Gasteiger partial charge < -0.3 is 29.2 Å². The van der Waals surface area contributed by atoms with Crippen molar-refractivity contribution in [2.75, 3.05) is 53.6 Å². The molecule has 2 aliphatic heterocycles. The molecule has 1 atom stereocenters. The highest BCUT2D eigenvalue weighted by Crippen LogP contribution is 2.41. The summed E-state index contributed by atoms with van der Waals surface area (Å²) < 4.78 is 15.6. The number of methoxy groups -OCH3 is 2. The fourth-order valence-corrected chi connectivity index (χ4v) is 4.89. The van der Waals surface area contributed by atoms with E-state index in [-0.39, 0.29) is 17.0 Å². The van der Waals surface area contributed by atoms with E-state index in [4.69, 9.17) is 14.2 Å². The number of H-pyrrole nitrogens is 1. The van der Waals surface area contributed by atoms with Crippen molar-refractivity contribution in [2.45, 2.75) is 19.9 Å². The first-order valence-electron chi connectivity index (χ1n) is 11.8. The predicted molar refractivity (Wildman–Crippen MR) is 131 cm³/mol. The van der Waals surface area contributed by atoms with Crippen molar-refractivity contribution in [3.8, 4) is 5.75 Å². The third-order valence-corrected chi connectivity index (χ3v) is 6.77. The number of nitrogens with one attached hydrogen (secondary N) is 1. The second kappa shape index (κ2) is 10.5. The number of likely N-dealkylation sites (tertiary alicyclic amines) is 1. The maximum atomic E-state index is 13.4. The molecule has 10 nitrogen and oxygen atoms in total. The van der Waals surface area contributed by atoms with Gasteiger partial charge in [0.1, 0.15) is 17.2 Å². The van der Waals surface area contributed by atoms with Gasteiger partial charge in [0.25, 0.3) is 11.7 Å². The molecule has 2 N–H and O–H groups in total. The van der Waals surface area contributed by atoms with Crippen molar-refractivity contribution >= 4 is 23.4 Å². The number of rotatable bonds is 7. The van der Waals surface area contributed by atoms with Crippen LogP contribution >= 0.6 is 0 Å². The number of ether oxygens (including phenoxy) is 3. The number of nitrogens with zero attached hydrogens (tertiary/aromatic N) is 2. The molecular weight excluding hydrogens is 466 g/mol. The Hall–Kier alpha value is -3.63. The fraction of sp³-hybridized carbons (Fsp3) is 0.423. The summed E-state index contributed by atoms with van der Waals surface area (Å²) in [5, 5.41) is 11.5. The number of ketones is 1. The van der Waals surface area contributed by atoms with Crippen molar-refractivity contribution < 1.29 is 33.7 Å². The van der Waals surface area contributed by atoms with Crippen molar-refractivity contribution in [3.05, 3.63) is 57.9 Å². The highest BCUT2D eigenvalue weighted by Gasteiger charge is 2.46. The maximum absolute atomic E-state index is 13.4. The summed E-state index contributed by atoms with van der Waals surface area (Å²) >= 11 is 0. The largest absolute Gasteiger partial charge is 0.507 e. The van der Waals surface area contributed by atoms with Crippen molar-refractivity contribution in [1.29, 1.82) is 0 Å². The lowest BCUT2D eigenvalue weighted by Gasteiger charge is -2.31. The van der Waals surface area contributed by atoms with Gasteiger partial charge in [-0.3, -0.25) is 14.5 Å². The Balaban J connectivity index is 1.81. The number of esters is 1. The number of morpholine rings is 1. The second-order valence-corrected chi connectivity index (χ2v) is 8.84. The first-order valence-corrected chi connectivity index (χ1v) is 11.8. The number of hydrogen-bond acceptors (Lipinski definition) is 8. The summed E-state index contributed by atoms with van der Waals surface area (Å²) in [5.41, 5.74) is 1.99. The van der Waals surface area contributed by atoms with Crippen molar-refractivity contribution in [2.24, 2.45) is 0 Å². The fourth-order valence-electron chi connectivity index (χ4n) is 4.89. The number of aryl methyl sites for hydroxylation is 1. The number of carbonyl (C=O) groups excluding carboxylic acids is 3. The minimum atomic E-state index is -0.823. The molecule has 3 heterocycles. The minimum Gasteiger partial charge on any atom is -0.507 e. The van der Waals surface area contributed by atoms with Crippen LogP contribution < -0.4 is 4.74 Å². The smallest absolute Gasteiger partial charge is 0.354 e. The van der Waals surface area contributed by atoms with Crippen LogP contribution in [0.4, 0.5) is 0 Å². The van der Waals surface area contributed by atoms with Crippen molar-refractivity contribution in [3.63, 3.8) is 0 Å². The Morgan fingerprint density at radius 3 is 2.56 bits per heavy atom. The van der Waals surface area contributed by atoms with E-state index in [1.54, 1.807) is 38.1 Å². The van der Waals surface area contributed by atoms with E-state index in [1.165, 1.54) is 19.1 Å². The summed E-state index contributed by atoms with van der Waals surface area (Å²) in [6.07, 6.45) is 0. The number of Topliss-reactive ketones (excluding diaryl/α,β-unsaturated/α-hetero) is 1. The van der Waals surface area contributed by atoms with Gasteiger partial charge in [-0.05, 0) is 37.1 Å². The average molecular weight is 498 g/mol. The standard InChI is InChI=1S/C26H31N3O7/c1-15-19(16(2)27-21(15)26(33)35-4)23(30)20-22(17-6-5-7-18(14-17)34-3)29(25(32)24(20)31)9-8-28-10-12-36-13-11-28/h5-7,14,22,27,30H,8-13H2,1-4H3/t22-/m0/s1. The van der Waals surface area contributed by atoms with E-state index >= 15 is 0 Å². The van der Waals surface area contributed by atoms with Gasteiger partial charge in [0, 0.05) is 37.4 Å². The topological polar surface area (TPSA) is 121 Å². The number of hydrogen-bond donors (Lipinski definition) is 2. The normalized spacial score (nSPS) is 20.1. The van der Waals surface area contributed by atoms with Crippen LogP contribution in [0.2, 0.25) is 0 Å².